The second-order valence-electron chi connectivity index (χ2n) is 3.10. The predicted octanol–water partition coefficient (Wildman–Crippen LogP) is 3.61. The van der Waals surface area contributed by atoms with Gasteiger partial charge in [0.15, 0.2) is 0 Å². The SMILES string of the molecule is ClC1CCC(CCI)CC1. The third kappa shape index (κ3) is 2.95. The molecular weight excluding hydrogens is 258 g/mol. The highest BCUT2D eigenvalue weighted by Crippen LogP contribution is 2.29. The summed E-state index contributed by atoms with van der Waals surface area (Å²) in [5.41, 5.74) is 0. The zero-order chi connectivity index (χ0) is 7.40. The minimum atomic E-state index is 0.491. The minimum Gasteiger partial charge on any atom is -0.123 e. The Hall–Kier alpha value is 1.02. The highest BCUT2D eigenvalue weighted by atomic mass is 127. The molecule has 0 radical (unpaired) electrons. The van der Waals surface area contributed by atoms with Crippen LogP contribution in [0.15, 0.2) is 0 Å². The highest BCUT2D eigenvalue weighted by molar-refractivity contribution is 14.1. The van der Waals surface area contributed by atoms with Crippen LogP contribution in [0, 0.1) is 5.92 Å². The van der Waals surface area contributed by atoms with Gasteiger partial charge in [0.2, 0.25) is 0 Å². The molecule has 60 valence electrons. The molecule has 0 heterocycles. The maximum Gasteiger partial charge on any atom is 0.0336 e. The molecule has 0 unspecified atom stereocenters. The lowest BCUT2D eigenvalue weighted by atomic mass is 9.87. The van der Waals surface area contributed by atoms with E-state index in [4.69, 9.17) is 11.6 Å². The van der Waals surface area contributed by atoms with Crippen molar-refractivity contribution in [1.82, 2.24) is 0 Å². The Morgan fingerprint density at radius 3 is 2.30 bits per heavy atom. The highest BCUT2D eigenvalue weighted by Gasteiger charge is 2.18. The molecule has 0 aliphatic heterocycles. The van der Waals surface area contributed by atoms with Crippen LogP contribution in [0.3, 0.4) is 0 Å². The Balaban J connectivity index is 2.13. The zero-order valence-electron chi connectivity index (χ0n) is 6.15. The fraction of sp³-hybridized carbons (Fsp3) is 1.00. The van der Waals surface area contributed by atoms with Gasteiger partial charge in [-0.2, -0.15) is 0 Å². The first-order valence-electron chi connectivity index (χ1n) is 4.03. The van der Waals surface area contributed by atoms with Crippen LogP contribution in [0.1, 0.15) is 32.1 Å². The molecule has 10 heavy (non-hydrogen) atoms. The Morgan fingerprint density at radius 2 is 1.80 bits per heavy atom. The molecule has 0 N–H and O–H groups in total. The number of rotatable bonds is 2. The molecule has 1 aliphatic carbocycles. The quantitative estimate of drug-likeness (QED) is 0.532. The average molecular weight is 273 g/mol. The summed E-state index contributed by atoms with van der Waals surface area (Å²) in [5.74, 6) is 0.992. The van der Waals surface area contributed by atoms with Crippen LogP contribution in [0.25, 0.3) is 0 Å². The molecule has 1 aliphatic rings. The molecule has 0 bridgehead atoms. The Labute approximate surface area is 81.9 Å². The van der Waals surface area contributed by atoms with Crippen LogP contribution in [0.5, 0.6) is 0 Å². The van der Waals surface area contributed by atoms with Crippen LogP contribution in [-0.4, -0.2) is 9.80 Å². The number of alkyl halides is 2. The van der Waals surface area contributed by atoms with E-state index in [0.29, 0.717) is 5.38 Å². The van der Waals surface area contributed by atoms with Crippen molar-refractivity contribution in [1.29, 1.82) is 0 Å². The summed E-state index contributed by atoms with van der Waals surface area (Å²) in [6.45, 7) is 0. The Morgan fingerprint density at radius 1 is 1.20 bits per heavy atom. The van der Waals surface area contributed by atoms with Crippen molar-refractivity contribution < 1.29 is 0 Å². The van der Waals surface area contributed by atoms with E-state index < -0.39 is 0 Å². The molecule has 0 aromatic carbocycles. The van der Waals surface area contributed by atoms with Gasteiger partial charge in [-0.05, 0) is 42.4 Å². The molecule has 0 aromatic heterocycles. The summed E-state index contributed by atoms with van der Waals surface area (Å²) in [5, 5.41) is 0.491. The smallest absolute Gasteiger partial charge is 0.0336 e. The van der Waals surface area contributed by atoms with Crippen LogP contribution in [-0.2, 0) is 0 Å². The lowest BCUT2D eigenvalue weighted by Crippen LogP contribution is -2.14. The largest absolute Gasteiger partial charge is 0.123 e. The van der Waals surface area contributed by atoms with Gasteiger partial charge in [0, 0.05) is 5.38 Å². The third-order valence-electron chi connectivity index (χ3n) is 2.29. The van der Waals surface area contributed by atoms with Crippen LogP contribution in [0.2, 0.25) is 0 Å². The van der Waals surface area contributed by atoms with E-state index >= 15 is 0 Å². The van der Waals surface area contributed by atoms with E-state index in [2.05, 4.69) is 22.6 Å². The van der Waals surface area contributed by atoms with Crippen molar-refractivity contribution in [3.63, 3.8) is 0 Å². The van der Waals surface area contributed by atoms with Gasteiger partial charge in [-0.15, -0.1) is 11.6 Å². The molecule has 0 aromatic rings. The molecule has 0 amide bonds. The summed E-state index contributed by atoms with van der Waals surface area (Å²) in [6, 6.07) is 0. The van der Waals surface area contributed by atoms with E-state index in [9.17, 15) is 0 Å². The molecule has 0 spiro atoms. The Kier molecular flexibility index (Phi) is 4.38. The van der Waals surface area contributed by atoms with Crippen molar-refractivity contribution in [2.45, 2.75) is 37.5 Å². The number of hydrogen-bond donors (Lipinski definition) is 0. The van der Waals surface area contributed by atoms with Gasteiger partial charge in [-0.25, -0.2) is 0 Å². The minimum absolute atomic E-state index is 0.491. The van der Waals surface area contributed by atoms with Crippen molar-refractivity contribution in [2.24, 2.45) is 5.92 Å². The third-order valence-corrected chi connectivity index (χ3v) is 3.35. The van der Waals surface area contributed by atoms with Crippen molar-refractivity contribution in [3.05, 3.63) is 0 Å². The maximum atomic E-state index is 5.98. The lowest BCUT2D eigenvalue weighted by Gasteiger charge is -2.23. The standard InChI is InChI=1S/C8H14ClI/c9-8-3-1-7(2-4-8)5-6-10/h7-8H,1-6H2. The van der Waals surface area contributed by atoms with Gasteiger partial charge in [0.25, 0.3) is 0 Å². The number of hydrogen-bond acceptors (Lipinski definition) is 0. The molecule has 2 heteroatoms. The Bertz CT molecular complexity index is 87.3. The second-order valence-corrected chi connectivity index (χ2v) is 4.79. The second kappa shape index (κ2) is 4.81. The first-order valence-corrected chi connectivity index (χ1v) is 5.99. The zero-order valence-corrected chi connectivity index (χ0v) is 9.07. The summed E-state index contributed by atoms with van der Waals surface area (Å²) in [7, 11) is 0. The van der Waals surface area contributed by atoms with Crippen LogP contribution >= 0.6 is 34.2 Å². The topological polar surface area (TPSA) is 0 Å². The molecule has 1 saturated carbocycles. The van der Waals surface area contributed by atoms with E-state index in [1.807, 2.05) is 0 Å². The summed E-state index contributed by atoms with van der Waals surface area (Å²) in [4.78, 5) is 0. The monoisotopic (exact) mass is 272 g/mol. The summed E-state index contributed by atoms with van der Waals surface area (Å²) < 4.78 is 1.31. The maximum absolute atomic E-state index is 5.98. The first kappa shape index (κ1) is 9.11. The summed E-state index contributed by atoms with van der Waals surface area (Å²) >= 11 is 8.44. The van der Waals surface area contributed by atoms with Crippen molar-refractivity contribution in [3.8, 4) is 0 Å². The predicted molar refractivity (Wildman–Crippen MR) is 55.1 cm³/mol. The van der Waals surface area contributed by atoms with Gasteiger partial charge in [-0.3, -0.25) is 0 Å². The average Bonchev–Trinajstić information content (AvgIpc) is 1.95. The van der Waals surface area contributed by atoms with Gasteiger partial charge < -0.3 is 0 Å². The first-order chi connectivity index (χ1) is 4.83. The molecule has 0 atom stereocenters. The van der Waals surface area contributed by atoms with Gasteiger partial charge >= 0.3 is 0 Å². The van der Waals surface area contributed by atoms with Crippen LogP contribution < -0.4 is 0 Å². The number of halogens is 2. The normalized spacial score (nSPS) is 34.2. The lowest BCUT2D eigenvalue weighted by molar-refractivity contribution is 0.357. The molecule has 1 fully saturated rings. The van der Waals surface area contributed by atoms with Crippen LogP contribution in [0.4, 0.5) is 0 Å². The van der Waals surface area contributed by atoms with Crippen molar-refractivity contribution >= 4 is 34.2 Å². The molecule has 1 rings (SSSR count). The van der Waals surface area contributed by atoms with E-state index in [1.54, 1.807) is 0 Å². The molecule has 0 saturated heterocycles. The van der Waals surface area contributed by atoms with Crippen molar-refractivity contribution in [2.75, 3.05) is 4.43 Å². The molecule has 0 nitrogen and oxygen atoms in total. The van der Waals surface area contributed by atoms with E-state index in [0.717, 1.165) is 5.92 Å². The van der Waals surface area contributed by atoms with Gasteiger partial charge in [0.05, 0.1) is 0 Å². The molecular formula is C8H14ClI. The van der Waals surface area contributed by atoms with E-state index in [1.165, 1.54) is 36.5 Å². The fourth-order valence-electron chi connectivity index (χ4n) is 1.56. The van der Waals surface area contributed by atoms with Gasteiger partial charge in [-0.1, -0.05) is 22.6 Å². The summed E-state index contributed by atoms with van der Waals surface area (Å²) in [6.07, 6.45) is 6.66. The fourth-order valence-corrected chi connectivity index (χ4v) is 2.70. The van der Waals surface area contributed by atoms with Gasteiger partial charge in [0.1, 0.15) is 0 Å². The van der Waals surface area contributed by atoms with E-state index in [-0.39, 0.29) is 0 Å².